The number of fused-ring (bicyclic) bond motifs is 1. The third kappa shape index (κ3) is 7.10. The number of amides is 2. The van der Waals surface area contributed by atoms with Crippen LogP contribution in [0.3, 0.4) is 0 Å². The van der Waals surface area contributed by atoms with Crippen molar-refractivity contribution >= 4 is 55.8 Å². The van der Waals surface area contributed by atoms with E-state index in [4.69, 9.17) is 20.0 Å². The summed E-state index contributed by atoms with van der Waals surface area (Å²) in [6.45, 7) is 0.376. The van der Waals surface area contributed by atoms with E-state index >= 15 is 0 Å². The van der Waals surface area contributed by atoms with Crippen LogP contribution in [0, 0.1) is 0 Å². The molecule has 18 heteroatoms. The molecule has 2 aliphatic heterocycles. The summed E-state index contributed by atoms with van der Waals surface area (Å²) in [5.41, 5.74) is 6.04. The molecule has 2 aromatic carbocycles. The van der Waals surface area contributed by atoms with Gasteiger partial charge in [0.1, 0.15) is 29.9 Å². The minimum atomic E-state index is -4.26. The number of benzene rings is 2. The van der Waals surface area contributed by atoms with E-state index in [0.29, 0.717) is 17.0 Å². The molecule has 258 valence electrons. The maximum atomic E-state index is 14.0. The molecule has 0 bridgehead atoms. The van der Waals surface area contributed by atoms with Gasteiger partial charge in [-0.15, -0.1) is 11.3 Å². The zero-order valence-electron chi connectivity index (χ0n) is 26.2. The fourth-order valence-corrected chi connectivity index (χ4v) is 7.96. The summed E-state index contributed by atoms with van der Waals surface area (Å²) >= 11 is 1.02. The Kier molecular flexibility index (Phi) is 9.73. The van der Waals surface area contributed by atoms with Crippen molar-refractivity contribution in [3.05, 3.63) is 112 Å². The Morgan fingerprint density at radius 3 is 2.36 bits per heavy atom. The number of carbonyl (C=O) groups excluding carboxylic acids is 4. The quantitative estimate of drug-likeness (QED) is 0.0822. The second kappa shape index (κ2) is 14.3. The van der Waals surface area contributed by atoms with Gasteiger partial charge in [0, 0.05) is 30.3 Å². The Bertz CT molecular complexity index is 2040. The lowest BCUT2D eigenvalue weighted by atomic mass is 10.0. The van der Waals surface area contributed by atoms with Gasteiger partial charge < -0.3 is 30.3 Å². The van der Waals surface area contributed by atoms with Crippen molar-refractivity contribution in [3.8, 4) is 0 Å². The number of carbonyl (C=O) groups is 4. The minimum absolute atomic E-state index is 0.0141. The van der Waals surface area contributed by atoms with E-state index in [1.807, 2.05) is 0 Å². The second-order valence-electron chi connectivity index (χ2n) is 11.0. The molecular weight excluding hydrogens is 691 g/mol. The Balaban J connectivity index is 1.30. The number of oxime groups is 1. The van der Waals surface area contributed by atoms with Crippen LogP contribution < -0.4 is 11.1 Å². The van der Waals surface area contributed by atoms with E-state index in [1.165, 1.54) is 11.6 Å². The van der Waals surface area contributed by atoms with Gasteiger partial charge in [-0.25, -0.2) is 23.2 Å². The minimum Gasteiger partial charge on any atom is -0.461 e. The first-order valence-corrected chi connectivity index (χ1v) is 17.5. The van der Waals surface area contributed by atoms with Crippen LogP contribution in [0.4, 0.5) is 5.13 Å². The molecule has 4 N–H and O–H groups in total. The largest absolute Gasteiger partial charge is 0.461 e. The highest BCUT2D eigenvalue weighted by Crippen LogP contribution is 2.39. The standard InChI is InChI=1S/C32H29N7O9S2/c1-18(40)46-14-21-17-50(44,45)30-25(37-28(41)24(22-16-49-32(33)36-22)38-47-15-23-34-12-13-35-23)29(42)39(30)26(21)31(43)48-27(19-8-4-2-5-9-19)20-10-6-3-7-11-20/h2-13,16,25,27,30H,14-15,17H2,1H3,(H2,33,36)(H,34,35)(H,37,41)/b38-24-/t25-,30-/m1/s1. The number of ether oxygens (including phenoxy) is 2. The normalized spacial score (nSPS) is 18.2. The Hall–Kier alpha value is -5.88. The summed E-state index contributed by atoms with van der Waals surface area (Å²) < 4.78 is 38.4. The molecule has 4 aromatic rings. The number of nitrogen functional groups attached to an aromatic ring is 1. The van der Waals surface area contributed by atoms with Crippen molar-refractivity contribution < 1.29 is 41.9 Å². The number of aromatic nitrogens is 3. The lowest BCUT2D eigenvalue weighted by Crippen LogP contribution is -2.75. The predicted molar refractivity (Wildman–Crippen MR) is 177 cm³/mol. The fraction of sp³-hybridized carbons (Fsp3) is 0.219. The van der Waals surface area contributed by atoms with Crippen molar-refractivity contribution in [2.75, 3.05) is 18.1 Å². The third-order valence-electron chi connectivity index (χ3n) is 7.61. The molecule has 2 aromatic heterocycles. The number of hydrogen-bond acceptors (Lipinski definition) is 14. The highest BCUT2D eigenvalue weighted by molar-refractivity contribution is 7.92. The maximum absolute atomic E-state index is 14.0. The van der Waals surface area contributed by atoms with E-state index in [0.717, 1.165) is 23.2 Å². The zero-order chi connectivity index (χ0) is 35.4. The average Bonchev–Trinajstić information content (AvgIpc) is 3.79. The molecule has 0 aliphatic carbocycles. The lowest BCUT2D eigenvalue weighted by molar-refractivity contribution is -0.155. The highest BCUT2D eigenvalue weighted by Gasteiger charge is 2.61. The predicted octanol–water partition coefficient (Wildman–Crippen LogP) is 1.60. The van der Waals surface area contributed by atoms with Crippen LogP contribution in [0.2, 0.25) is 0 Å². The molecule has 16 nitrogen and oxygen atoms in total. The van der Waals surface area contributed by atoms with Crippen molar-refractivity contribution in [3.63, 3.8) is 0 Å². The number of nitrogens with two attached hydrogens (primary N) is 1. The Morgan fingerprint density at radius 1 is 1.10 bits per heavy atom. The van der Waals surface area contributed by atoms with Crippen LogP contribution in [-0.2, 0) is 49.9 Å². The number of aromatic amines is 1. The Morgan fingerprint density at radius 2 is 1.78 bits per heavy atom. The molecule has 6 rings (SSSR count). The molecule has 2 atom stereocenters. The first-order chi connectivity index (χ1) is 24.0. The Labute approximate surface area is 288 Å². The van der Waals surface area contributed by atoms with Gasteiger partial charge in [-0.3, -0.25) is 19.3 Å². The van der Waals surface area contributed by atoms with Gasteiger partial charge in [-0.05, 0) is 11.1 Å². The van der Waals surface area contributed by atoms with Gasteiger partial charge in [-0.1, -0.05) is 65.8 Å². The van der Waals surface area contributed by atoms with E-state index in [1.54, 1.807) is 66.9 Å². The smallest absolute Gasteiger partial charge is 0.356 e. The molecule has 2 amide bonds. The first-order valence-electron chi connectivity index (χ1n) is 14.9. The van der Waals surface area contributed by atoms with Crippen molar-refractivity contribution in [2.24, 2.45) is 5.16 Å². The van der Waals surface area contributed by atoms with Crippen LogP contribution in [-0.4, -0.2) is 81.5 Å². The summed E-state index contributed by atoms with van der Waals surface area (Å²) in [6.07, 6.45) is 2.12. The number of thiazole rings is 1. The fourth-order valence-electron chi connectivity index (χ4n) is 5.40. The number of sulfone groups is 1. The number of rotatable bonds is 12. The van der Waals surface area contributed by atoms with E-state index < -0.39 is 69.2 Å². The van der Waals surface area contributed by atoms with Crippen LogP contribution in [0.25, 0.3) is 0 Å². The summed E-state index contributed by atoms with van der Waals surface area (Å²) in [5, 5.41) is 6.14. The van der Waals surface area contributed by atoms with E-state index in [-0.39, 0.29) is 28.7 Å². The number of nitrogens with zero attached hydrogens (tertiary/aromatic N) is 4. The number of imidazole rings is 1. The number of H-pyrrole nitrogens is 1. The van der Waals surface area contributed by atoms with Gasteiger partial charge in [0.15, 0.2) is 38.8 Å². The lowest BCUT2D eigenvalue weighted by Gasteiger charge is -2.49. The van der Waals surface area contributed by atoms with Gasteiger partial charge in [0.25, 0.3) is 11.8 Å². The number of hydrogen-bond donors (Lipinski definition) is 3. The summed E-state index contributed by atoms with van der Waals surface area (Å²) in [6, 6.07) is 16.0. The molecule has 4 heterocycles. The summed E-state index contributed by atoms with van der Waals surface area (Å²) in [5.74, 6) is -4.04. The molecule has 1 fully saturated rings. The summed E-state index contributed by atoms with van der Waals surface area (Å²) in [7, 11) is -4.26. The SMILES string of the molecule is CC(=O)OCC1=C(C(=O)OC(c2ccccc2)c2ccccc2)N2C(=O)[C@@H](NC(=O)/C(=N\OCc3ncc[nH]3)c3csc(N)n3)[C@H]2S(=O)(=O)C1. The van der Waals surface area contributed by atoms with Crippen LogP contribution in [0.5, 0.6) is 0 Å². The summed E-state index contributed by atoms with van der Waals surface area (Å²) in [4.78, 5) is 70.0. The molecule has 1 saturated heterocycles. The van der Waals surface area contributed by atoms with E-state index in [2.05, 4.69) is 25.4 Å². The average molecular weight is 720 g/mol. The number of esters is 2. The first kappa shape index (κ1) is 34.0. The van der Waals surface area contributed by atoms with Crippen LogP contribution >= 0.6 is 11.3 Å². The van der Waals surface area contributed by atoms with Gasteiger partial charge in [0.05, 0.1) is 5.75 Å². The second-order valence-corrected chi connectivity index (χ2v) is 14.0. The number of β-lactam (4-membered cyclic amide) rings is 1. The monoisotopic (exact) mass is 719 g/mol. The van der Waals surface area contributed by atoms with Gasteiger partial charge in [-0.2, -0.15) is 0 Å². The van der Waals surface area contributed by atoms with Gasteiger partial charge >= 0.3 is 11.9 Å². The van der Waals surface area contributed by atoms with Crippen molar-refractivity contribution in [1.29, 1.82) is 0 Å². The van der Waals surface area contributed by atoms with Crippen molar-refractivity contribution in [1.82, 2.24) is 25.2 Å². The molecular formula is C32H29N7O9S2. The van der Waals surface area contributed by atoms with Crippen LogP contribution in [0.1, 0.15) is 35.7 Å². The topological polar surface area (TPSA) is 225 Å². The molecule has 2 aliphatic rings. The molecule has 0 unspecified atom stereocenters. The molecule has 50 heavy (non-hydrogen) atoms. The third-order valence-corrected chi connectivity index (χ3v) is 10.3. The molecule has 0 saturated carbocycles. The highest BCUT2D eigenvalue weighted by atomic mass is 32.2. The maximum Gasteiger partial charge on any atom is 0.356 e. The van der Waals surface area contributed by atoms with Crippen LogP contribution in [0.15, 0.2) is 94.9 Å². The van der Waals surface area contributed by atoms with E-state index in [9.17, 15) is 27.6 Å². The zero-order valence-corrected chi connectivity index (χ0v) is 27.8. The number of nitrogens with one attached hydrogen (secondary N) is 2. The molecule has 0 radical (unpaired) electrons. The van der Waals surface area contributed by atoms with Gasteiger partial charge in [0.2, 0.25) is 0 Å². The molecule has 0 spiro atoms. The van der Waals surface area contributed by atoms with Crippen molar-refractivity contribution in [2.45, 2.75) is 31.1 Å². The number of anilines is 1.